The third-order valence-corrected chi connectivity index (χ3v) is 4.32. The summed E-state index contributed by atoms with van der Waals surface area (Å²) in [5, 5.41) is 2.99. The zero-order chi connectivity index (χ0) is 14.7. The van der Waals surface area contributed by atoms with Crippen LogP contribution in [0.2, 0.25) is 0 Å². The van der Waals surface area contributed by atoms with E-state index in [-0.39, 0.29) is 11.9 Å². The first-order valence-electron chi connectivity index (χ1n) is 6.08. The molecule has 0 saturated carbocycles. The molecule has 0 heterocycles. The van der Waals surface area contributed by atoms with Gasteiger partial charge in [0.05, 0.1) is 11.6 Å². The number of nitrogen functional groups attached to an aromatic ring is 1. The second-order valence-electron chi connectivity index (χ2n) is 4.49. The predicted molar refractivity (Wildman–Crippen MR) is 93.6 cm³/mol. The number of amides is 1. The van der Waals surface area contributed by atoms with Crippen molar-refractivity contribution in [1.29, 1.82) is 0 Å². The van der Waals surface area contributed by atoms with Crippen LogP contribution in [0.1, 0.15) is 28.9 Å². The van der Waals surface area contributed by atoms with E-state index in [1.165, 1.54) is 0 Å². The molecular weight excluding hydrogens is 431 g/mol. The summed E-state index contributed by atoms with van der Waals surface area (Å²) in [6.07, 6.45) is 0. The van der Waals surface area contributed by atoms with Crippen molar-refractivity contribution in [2.45, 2.75) is 13.0 Å². The van der Waals surface area contributed by atoms with Gasteiger partial charge in [0, 0.05) is 13.7 Å². The van der Waals surface area contributed by atoms with Crippen molar-refractivity contribution < 1.29 is 4.79 Å². The molecule has 0 aliphatic carbocycles. The van der Waals surface area contributed by atoms with Crippen molar-refractivity contribution >= 4 is 50.1 Å². The summed E-state index contributed by atoms with van der Waals surface area (Å²) in [5.74, 6) is -0.0975. The van der Waals surface area contributed by atoms with Gasteiger partial charge in [0.25, 0.3) is 5.91 Å². The van der Waals surface area contributed by atoms with Crippen molar-refractivity contribution in [3.05, 3.63) is 61.6 Å². The minimum absolute atomic E-state index is 0.0760. The minimum Gasteiger partial charge on any atom is -0.399 e. The van der Waals surface area contributed by atoms with E-state index in [9.17, 15) is 4.79 Å². The molecule has 1 amide bonds. The van der Waals surface area contributed by atoms with E-state index in [4.69, 9.17) is 5.73 Å². The van der Waals surface area contributed by atoms with Gasteiger partial charge in [-0.3, -0.25) is 4.79 Å². The maximum atomic E-state index is 12.3. The van der Waals surface area contributed by atoms with Crippen molar-refractivity contribution in [1.82, 2.24) is 5.32 Å². The van der Waals surface area contributed by atoms with E-state index in [0.29, 0.717) is 11.3 Å². The molecular formula is C15H14BrIN2O. The first-order valence-corrected chi connectivity index (χ1v) is 7.96. The summed E-state index contributed by atoms with van der Waals surface area (Å²) in [6, 6.07) is 13.1. The number of carbonyl (C=O) groups excluding carboxylic acids is 1. The van der Waals surface area contributed by atoms with Gasteiger partial charge in [-0.2, -0.15) is 0 Å². The highest BCUT2D eigenvalue weighted by Gasteiger charge is 2.14. The Morgan fingerprint density at radius 1 is 1.25 bits per heavy atom. The van der Waals surface area contributed by atoms with Gasteiger partial charge in [-0.05, 0) is 81.3 Å². The number of nitrogens with one attached hydrogen (secondary N) is 1. The fraction of sp³-hybridized carbons (Fsp3) is 0.133. The number of rotatable bonds is 3. The van der Waals surface area contributed by atoms with Gasteiger partial charge in [0.15, 0.2) is 0 Å². The van der Waals surface area contributed by atoms with Crippen LogP contribution in [0.4, 0.5) is 5.69 Å². The van der Waals surface area contributed by atoms with E-state index in [0.717, 1.165) is 13.6 Å². The fourth-order valence-corrected chi connectivity index (χ4v) is 2.73. The minimum atomic E-state index is -0.0975. The van der Waals surface area contributed by atoms with Crippen LogP contribution in [0.5, 0.6) is 0 Å². The Balaban J connectivity index is 2.15. The van der Waals surface area contributed by atoms with E-state index < -0.39 is 0 Å². The summed E-state index contributed by atoms with van der Waals surface area (Å²) < 4.78 is 1.82. The van der Waals surface area contributed by atoms with Crippen molar-refractivity contribution in [3.63, 3.8) is 0 Å². The Morgan fingerprint density at radius 2 is 1.90 bits per heavy atom. The van der Waals surface area contributed by atoms with Crippen molar-refractivity contribution in [2.75, 3.05) is 5.73 Å². The molecule has 0 fully saturated rings. The lowest BCUT2D eigenvalue weighted by molar-refractivity contribution is 0.0939. The topological polar surface area (TPSA) is 55.1 Å². The van der Waals surface area contributed by atoms with Gasteiger partial charge in [0.2, 0.25) is 0 Å². The van der Waals surface area contributed by atoms with Gasteiger partial charge < -0.3 is 11.1 Å². The number of hydrogen-bond acceptors (Lipinski definition) is 2. The highest BCUT2D eigenvalue weighted by atomic mass is 127. The molecule has 3 N–H and O–H groups in total. The summed E-state index contributed by atoms with van der Waals surface area (Å²) in [4.78, 5) is 12.3. The van der Waals surface area contributed by atoms with Gasteiger partial charge in [-0.25, -0.2) is 0 Å². The normalized spacial score (nSPS) is 11.9. The molecule has 2 aromatic carbocycles. The second-order valence-corrected chi connectivity index (χ2v) is 6.59. The third-order valence-electron chi connectivity index (χ3n) is 2.96. The van der Waals surface area contributed by atoms with Crippen LogP contribution >= 0.6 is 38.5 Å². The van der Waals surface area contributed by atoms with Crippen LogP contribution in [0.15, 0.2) is 46.9 Å². The molecule has 3 nitrogen and oxygen atoms in total. The highest BCUT2D eigenvalue weighted by Crippen LogP contribution is 2.21. The molecule has 2 rings (SSSR count). The molecule has 1 unspecified atom stereocenters. The Hall–Kier alpha value is -1.08. The van der Waals surface area contributed by atoms with Gasteiger partial charge >= 0.3 is 0 Å². The summed E-state index contributed by atoms with van der Waals surface area (Å²) in [7, 11) is 0. The average molecular weight is 445 g/mol. The molecule has 0 spiro atoms. The molecule has 0 bridgehead atoms. The smallest absolute Gasteiger partial charge is 0.252 e. The number of hydrogen-bond donors (Lipinski definition) is 2. The first-order chi connectivity index (χ1) is 9.47. The number of anilines is 1. The number of halogens is 2. The van der Waals surface area contributed by atoms with Crippen LogP contribution in [0, 0.1) is 3.57 Å². The molecule has 20 heavy (non-hydrogen) atoms. The second kappa shape index (κ2) is 6.58. The van der Waals surface area contributed by atoms with E-state index in [1.54, 1.807) is 0 Å². The zero-order valence-electron chi connectivity index (χ0n) is 10.9. The summed E-state index contributed by atoms with van der Waals surface area (Å²) in [5.41, 5.74) is 8.04. The van der Waals surface area contributed by atoms with Crippen LogP contribution < -0.4 is 11.1 Å². The standard InChI is InChI=1S/C15H14BrIN2O/c1-9(10-2-5-12(18)6-3-10)19-15(20)13-8-11(17)4-7-14(13)16/h2-9H,18H2,1H3,(H,19,20). The van der Waals surface area contributed by atoms with Gasteiger partial charge in [0.1, 0.15) is 0 Å². The predicted octanol–water partition coefficient (Wildman–Crippen LogP) is 4.13. The maximum Gasteiger partial charge on any atom is 0.252 e. The zero-order valence-corrected chi connectivity index (χ0v) is 14.6. The summed E-state index contributed by atoms with van der Waals surface area (Å²) in [6.45, 7) is 1.95. The van der Waals surface area contributed by atoms with Gasteiger partial charge in [-0.1, -0.05) is 12.1 Å². The fourth-order valence-electron chi connectivity index (χ4n) is 1.81. The lowest BCUT2D eigenvalue weighted by Gasteiger charge is -2.15. The monoisotopic (exact) mass is 444 g/mol. The number of carbonyl (C=O) groups is 1. The Labute approximate surface area is 140 Å². The van der Waals surface area contributed by atoms with Crippen LogP contribution in [0.3, 0.4) is 0 Å². The maximum absolute atomic E-state index is 12.3. The van der Waals surface area contributed by atoms with E-state index >= 15 is 0 Å². The lowest BCUT2D eigenvalue weighted by atomic mass is 10.1. The van der Waals surface area contributed by atoms with Crippen LogP contribution in [0.25, 0.3) is 0 Å². The largest absolute Gasteiger partial charge is 0.399 e. The number of benzene rings is 2. The van der Waals surface area contributed by atoms with Crippen LogP contribution in [-0.4, -0.2) is 5.91 Å². The Kier molecular flexibility index (Phi) is 5.04. The quantitative estimate of drug-likeness (QED) is 0.552. The molecule has 1 atom stereocenters. The Morgan fingerprint density at radius 3 is 2.55 bits per heavy atom. The Bertz CT molecular complexity index is 628. The third kappa shape index (κ3) is 3.73. The highest BCUT2D eigenvalue weighted by molar-refractivity contribution is 14.1. The number of nitrogens with two attached hydrogens (primary N) is 1. The molecule has 0 aromatic heterocycles. The molecule has 2 aromatic rings. The molecule has 0 saturated heterocycles. The first kappa shape index (κ1) is 15.3. The average Bonchev–Trinajstić information content (AvgIpc) is 2.42. The van der Waals surface area contributed by atoms with E-state index in [2.05, 4.69) is 43.8 Å². The lowest BCUT2D eigenvalue weighted by Crippen LogP contribution is -2.27. The van der Waals surface area contributed by atoms with Crippen molar-refractivity contribution in [3.8, 4) is 0 Å². The molecule has 0 aliphatic heterocycles. The molecule has 0 aliphatic rings. The summed E-state index contributed by atoms with van der Waals surface area (Å²) >= 11 is 5.60. The van der Waals surface area contributed by atoms with Gasteiger partial charge in [-0.15, -0.1) is 0 Å². The SMILES string of the molecule is CC(NC(=O)c1cc(I)ccc1Br)c1ccc(N)cc1. The van der Waals surface area contributed by atoms with Crippen LogP contribution in [-0.2, 0) is 0 Å². The van der Waals surface area contributed by atoms with E-state index in [1.807, 2.05) is 49.4 Å². The molecule has 104 valence electrons. The molecule has 5 heteroatoms. The molecule has 0 radical (unpaired) electrons. The van der Waals surface area contributed by atoms with Crippen molar-refractivity contribution in [2.24, 2.45) is 0 Å².